The molecule has 34 heavy (non-hydrogen) atoms. The summed E-state index contributed by atoms with van der Waals surface area (Å²) in [4.78, 5) is 23.3. The number of carbonyl (C=O) groups is 1. The van der Waals surface area contributed by atoms with Crippen LogP contribution in [0.4, 0.5) is 5.69 Å². The van der Waals surface area contributed by atoms with Crippen molar-refractivity contribution in [2.24, 2.45) is 5.10 Å². The van der Waals surface area contributed by atoms with Crippen LogP contribution >= 0.6 is 33.9 Å². The van der Waals surface area contributed by atoms with E-state index >= 15 is 0 Å². The second-order valence-corrected chi connectivity index (χ2v) is 9.28. The number of hydrogen-bond donors (Lipinski definition) is 1. The van der Waals surface area contributed by atoms with Crippen LogP contribution < -0.4 is 10.2 Å². The van der Waals surface area contributed by atoms with Crippen LogP contribution in [0.3, 0.4) is 0 Å². The number of hydrazone groups is 1. The molecule has 8 nitrogen and oxygen atoms in total. The molecule has 4 aromatic rings. The Morgan fingerprint density at radius 1 is 1.21 bits per heavy atom. The molecule has 0 bridgehead atoms. The minimum absolute atomic E-state index is 0.0217. The summed E-state index contributed by atoms with van der Waals surface area (Å²) in [5.41, 5.74) is 4.61. The van der Waals surface area contributed by atoms with Crippen molar-refractivity contribution in [3.05, 3.63) is 102 Å². The zero-order valence-electron chi connectivity index (χ0n) is 17.4. The molecule has 0 aliphatic carbocycles. The molecule has 0 fully saturated rings. The van der Waals surface area contributed by atoms with Crippen molar-refractivity contribution in [1.82, 2.24) is 5.43 Å². The van der Waals surface area contributed by atoms with Crippen LogP contribution in [-0.4, -0.2) is 17.0 Å². The van der Waals surface area contributed by atoms with E-state index in [9.17, 15) is 20.2 Å². The van der Waals surface area contributed by atoms with E-state index < -0.39 is 10.8 Å². The monoisotopic (exact) mass is 582 g/mol. The molecular weight excluding hydrogens is 567 g/mol. The molecule has 3 aromatic carbocycles. The first kappa shape index (κ1) is 23.3. The highest BCUT2D eigenvalue weighted by Gasteiger charge is 2.13. The van der Waals surface area contributed by atoms with E-state index in [1.54, 1.807) is 24.3 Å². The van der Waals surface area contributed by atoms with Crippen LogP contribution in [-0.2, 0) is 6.61 Å². The summed E-state index contributed by atoms with van der Waals surface area (Å²) >= 11 is 3.39. The van der Waals surface area contributed by atoms with Crippen molar-refractivity contribution in [1.29, 1.82) is 5.26 Å². The van der Waals surface area contributed by atoms with Crippen molar-refractivity contribution < 1.29 is 14.5 Å². The fourth-order valence-corrected chi connectivity index (χ4v) is 4.73. The van der Waals surface area contributed by atoms with Gasteiger partial charge in [0.15, 0.2) is 0 Å². The summed E-state index contributed by atoms with van der Waals surface area (Å²) in [5, 5.41) is 24.8. The fraction of sp³-hybridized carbons (Fsp3) is 0.0417. The number of fused-ring (bicyclic) bond motifs is 1. The first-order valence-electron chi connectivity index (χ1n) is 9.86. The van der Waals surface area contributed by atoms with Gasteiger partial charge in [0.2, 0.25) is 0 Å². The van der Waals surface area contributed by atoms with Crippen LogP contribution in [0.5, 0.6) is 5.75 Å². The van der Waals surface area contributed by atoms with E-state index in [0.29, 0.717) is 21.6 Å². The number of rotatable bonds is 7. The summed E-state index contributed by atoms with van der Waals surface area (Å²) in [7, 11) is 0. The van der Waals surface area contributed by atoms with Gasteiger partial charge in [0, 0.05) is 27.8 Å². The highest BCUT2D eigenvalue weighted by atomic mass is 127. The number of halogens is 1. The Kier molecular flexibility index (Phi) is 7.15. The number of benzene rings is 3. The van der Waals surface area contributed by atoms with Crippen molar-refractivity contribution in [3.63, 3.8) is 0 Å². The lowest BCUT2D eigenvalue weighted by atomic mass is 10.1. The molecule has 0 saturated heterocycles. The quantitative estimate of drug-likeness (QED) is 0.131. The lowest BCUT2D eigenvalue weighted by Gasteiger charge is -2.10. The Hall–Kier alpha value is -3.82. The number of carbonyl (C=O) groups excluding carboxylic acids is 1. The molecule has 1 heterocycles. The van der Waals surface area contributed by atoms with Crippen molar-refractivity contribution in [2.45, 2.75) is 6.61 Å². The summed E-state index contributed by atoms with van der Waals surface area (Å²) < 4.78 is 7.49. The van der Waals surface area contributed by atoms with Crippen LogP contribution in [0, 0.1) is 25.0 Å². The van der Waals surface area contributed by atoms with Crippen molar-refractivity contribution in [3.8, 4) is 11.8 Å². The van der Waals surface area contributed by atoms with Crippen molar-refractivity contribution in [2.75, 3.05) is 0 Å². The number of nitro groups is 1. The van der Waals surface area contributed by atoms with Gasteiger partial charge < -0.3 is 4.74 Å². The molecule has 168 valence electrons. The molecule has 0 saturated carbocycles. The number of nitrogens with zero attached hydrogens (tertiary/aromatic N) is 3. The second kappa shape index (κ2) is 10.4. The topological polar surface area (TPSA) is 118 Å². The Balaban J connectivity index is 1.38. The summed E-state index contributed by atoms with van der Waals surface area (Å²) in [5.74, 6) is 0.278. The van der Waals surface area contributed by atoms with E-state index in [-0.39, 0.29) is 12.3 Å². The third-order valence-electron chi connectivity index (χ3n) is 4.79. The minimum Gasteiger partial charge on any atom is -0.488 e. The van der Waals surface area contributed by atoms with E-state index in [2.05, 4.69) is 39.2 Å². The number of nitrogens with one attached hydrogen (secondary N) is 1. The Morgan fingerprint density at radius 2 is 2.03 bits per heavy atom. The van der Waals surface area contributed by atoms with Gasteiger partial charge in [-0.3, -0.25) is 14.9 Å². The average molecular weight is 582 g/mol. The number of thiophene rings is 1. The molecule has 0 atom stereocenters. The summed E-state index contributed by atoms with van der Waals surface area (Å²) in [6.45, 7) is 0.279. The first-order chi connectivity index (χ1) is 16.4. The number of ether oxygens (including phenoxy) is 1. The second-order valence-electron chi connectivity index (χ2n) is 7.04. The lowest BCUT2D eigenvalue weighted by molar-refractivity contribution is -0.384. The molecule has 0 aliphatic heterocycles. The molecular formula is C24H15IN4O4S. The highest BCUT2D eigenvalue weighted by Crippen LogP contribution is 2.29. The zero-order valence-corrected chi connectivity index (χ0v) is 20.4. The van der Waals surface area contributed by atoms with Gasteiger partial charge in [0.05, 0.1) is 31.2 Å². The molecule has 0 unspecified atom stereocenters. The largest absolute Gasteiger partial charge is 0.488 e. The van der Waals surface area contributed by atoms with Gasteiger partial charge in [0.25, 0.3) is 11.6 Å². The van der Waals surface area contributed by atoms with Crippen molar-refractivity contribution >= 4 is 61.8 Å². The Morgan fingerprint density at radius 3 is 2.79 bits per heavy atom. The van der Waals surface area contributed by atoms with Gasteiger partial charge in [-0.25, -0.2) is 5.43 Å². The van der Waals surface area contributed by atoms with Crippen LogP contribution in [0.25, 0.3) is 10.1 Å². The molecule has 4 rings (SSSR count). The maximum absolute atomic E-state index is 12.4. The average Bonchev–Trinajstić information content (AvgIpc) is 3.27. The van der Waals surface area contributed by atoms with Gasteiger partial charge in [-0.05, 0) is 64.6 Å². The van der Waals surface area contributed by atoms with Crippen LogP contribution in [0.15, 0.2) is 71.8 Å². The fourth-order valence-electron chi connectivity index (χ4n) is 3.10. The predicted octanol–water partition coefficient (Wildman–Crippen LogP) is 5.63. The number of nitro benzene ring substituents is 1. The highest BCUT2D eigenvalue weighted by molar-refractivity contribution is 14.1. The maximum Gasteiger partial charge on any atom is 0.281 e. The van der Waals surface area contributed by atoms with E-state index in [0.717, 1.165) is 19.4 Å². The third kappa shape index (κ3) is 5.38. The van der Waals surface area contributed by atoms with E-state index in [4.69, 9.17) is 4.74 Å². The molecule has 0 aliphatic rings. The molecule has 1 amide bonds. The van der Waals surface area contributed by atoms with Gasteiger partial charge in [-0.1, -0.05) is 18.2 Å². The van der Waals surface area contributed by atoms with E-state index in [1.807, 2.05) is 30.3 Å². The standard InChI is InChI=1S/C24H15IN4O4S/c25-20-9-15(5-7-21(20)33-14-17-4-2-1-3-16(17)12-26)13-27-28-24(30)23-11-18-10-19(29(31)32)6-8-22(18)34-23/h1-11,13H,14H2,(H,28,30)/b27-13-. The molecule has 0 spiro atoms. The number of hydrogen-bond acceptors (Lipinski definition) is 7. The summed E-state index contributed by atoms with van der Waals surface area (Å²) in [6, 6.07) is 21.0. The lowest BCUT2D eigenvalue weighted by Crippen LogP contribution is -2.16. The van der Waals surface area contributed by atoms with Gasteiger partial charge in [-0.15, -0.1) is 11.3 Å². The van der Waals surface area contributed by atoms with Gasteiger partial charge in [0.1, 0.15) is 12.4 Å². The SMILES string of the molecule is N#Cc1ccccc1COc1ccc(/C=N\NC(=O)c2cc3cc([N+](=O)[O-])ccc3s2)cc1I. The Labute approximate surface area is 211 Å². The number of non-ortho nitro benzene ring substituents is 1. The van der Waals surface area contributed by atoms with E-state index in [1.165, 1.54) is 29.7 Å². The molecule has 1 N–H and O–H groups in total. The van der Waals surface area contributed by atoms with Crippen LogP contribution in [0.2, 0.25) is 0 Å². The van der Waals surface area contributed by atoms with Crippen LogP contribution in [0.1, 0.15) is 26.4 Å². The number of nitriles is 1. The van der Waals surface area contributed by atoms with Gasteiger partial charge >= 0.3 is 0 Å². The third-order valence-corrected chi connectivity index (χ3v) is 6.75. The molecule has 0 radical (unpaired) electrons. The smallest absolute Gasteiger partial charge is 0.281 e. The zero-order chi connectivity index (χ0) is 24.1. The van der Waals surface area contributed by atoms with Gasteiger partial charge in [-0.2, -0.15) is 10.4 Å². The summed E-state index contributed by atoms with van der Waals surface area (Å²) in [6.07, 6.45) is 1.52. The maximum atomic E-state index is 12.4. The predicted molar refractivity (Wildman–Crippen MR) is 138 cm³/mol. The molecule has 10 heteroatoms. The minimum atomic E-state index is -0.468. The molecule has 1 aromatic heterocycles. The normalized spacial score (nSPS) is 10.8. The Bertz CT molecular complexity index is 1480. The number of amides is 1. The first-order valence-corrected chi connectivity index (χ1v) is 11.8.